The van der Waals surface area contributed by atoms with Crippen molar-refractivity contribution in [1.29, 1.82) is 5.26 Å². The lowest BCUT2D eigenvalue weighted by Crippen LogP contribution is -2.24. The van der Waals surface area contributed by atoms with Crippen molar-refractivity contribution in [2.24, 2.45) is 17.8 Å². The van der Waals surface area contributed by atoms with Crippen molar-refractivity contribution in [1.82, 2.24) is 5.32 Å². The van der Waals surface area contributed by atoms with E-state index in [9.17, 15) is 0 Å². The predicted octanol–water partition coefficient (Wildman–Crippen LogP) is 1.93. The van der Waals surface area contributed by atoms with Crippen molar-refractivity contribution >= 4 is 0 Å². The number of nitriles is 1. The number of hydrogen-bond acceptors (Lipinski definition) is 2. The van der Waals surface area contributed by atoms with E-state index in [0.717, 1.165) is 19.0 Å². The molecule has 0 bridgehead atoms. The molecule has 0 aromatic heterocycles. The van der Waals surface area contributed by atoms with Gasteiger partial charge < -0.3 is 5.32 Å². The van der Waals surface area contributed by atoms with Crippen molar-refractivity contribution in [3.63, 3.8) is 0 Å². The fourth-order valence-corrected chi connectivity index (χ4v) is 2.90. The Morgan fingerprint density at radius 1 is 1.08 bits per heavy atom. The molecule has 1 saturated heterocycles. The number of hydrogen-bond donors (Lipinski definition) is 1. The van der Waals surface area contributed by atoms with Gasteiger partial charge in [-0.1, -0.05) is 32.1 Å². The zero-order chi connectivity index (χ0) is 9.10. The minimum absolute atomic E-state index is 0.295. The third kappa shape index (κ3) is 1.86. The highest BCUT2D eigenvalue weighted by Gasteiger charge is 2.33. The Kier molecular flexibility index (Phi) is 2.85. The van der Waals surface area contributed by atoms with E-state index in [1.807, 2.05) is 0 Å². The highest BCUT2D eigenvalue weighted by molar-refractivity contribution is 4.97. The van der Waals surface area contributed by atoms with E-state index < -0.39 is 0 Å². The first-order valence-corrected chi connectivity index (χ1v) is 5.52. The van der Waals surface area contributed by atoms with Crippen molar-refractivity contribution < 1.29 is 0 Å². The second-order valence-electron chi connectivity index (χ2n) is 4.46. The van der Waals surface area contributed by atoms with Gasteiger partial charge in [-0.05, 0) is 18.4 Å². The molecule has 0 unspecified atom stereocenters. The zero-order valence-electron chi connectivity index (χ0n) is 8.13. The second-order valence-corrected chi connectivity index (χ2v) is 4.46. The van der Waals surface area contributed by atoms with Gasteiger partial charge in [0.05, 0.1) is 12.0 Å². The molecule has 1 heterocycles. The molecule has 0 spiro atoms. The molecule has 1 saturated carbocycles. The number of nitrogens with one attached hydrogen (secondary N) is 1. The van der Waals surface area contributed by atoms with E-state index in [4.69, 9.17) is 5.26 Å². The monoisotopic (exact) mass is 178 g/mol. The number of nitrogens with zero attached hydrogens (tertiary/aromatic N) is 1. The SMILES string of the molecule is N#C[C@@H]1CNC[C@@H]1C1CCCCC1. The molecule has 13 heavy (non-hydrogen) atoms. The number of rotatable bonds is 1. The maximum Gasteiger partial charge on any atom is 0.0672 e. The summed E-state index contributed by atoms with van der Waals surface area (Å²) in [5.41, 5.74) is 0. The standard InChI is InChI=1S/C11H18N2/c12-6-10-7-13-8-11(10)9-4-2-1-3-5-9/h9-11,13H,1-5,7-8H2/t10-,11-/m1/s1. The van der Waals surface area contributed by atoms with Gasteiger partial charge in [-0.25, -0.2) is 0 Å². The van der Waals surface area contributed by atoms with Crippen LogP contribution in [0.2, 0.25) is 0 Å². The molecule has 2 heteroatoms. The van der Waals surface area contributed by atoms with Gasteiger partial charge in [-0.15, -0.1) is 0 Å². The maximum atomic E-state index is 8.98. The lowest BCUT2D eigenvalue weighted by molar-refractivity contribution is 0.240. The average molecular weight is 178 g/mol. The van der Waals surface area contributed by atoms with Gasteiger partial charge in [0.15, 0.2) is 0 Å². The van der Waals surface area contributed by atoms with Crippen LogP contribution < -0.4 is 5.32 Å². The van der Waals surface area contributed by atoms with Crippen LogP contribution in [0.15, 0.2) is 0 Å². The Bertz CT molecular complexity index is 201. The molecule has 2 rings (SSSR count). The van der Waals surface area contributed by atoms with Gasteiger partial charge in [0.1, 0.15) is 0 Å². The molecule has 1 aliphatic heterocycles. The fraction of sp³-hybridized carbons (Fsp3) is 0.909. The minimum atomic E-state index is 0.295. The first-order chi connectivity index (χ1) is 6.42. The normalized spacial score (nSPS) is 35.9. The summed E-state index contributed by atoms with van der Waals surface area (Å²) in [6, 6.07) is 2.45. The summed E-state index contributed by atoms with van der Waals surface area (Å²) in [6.45, 7) is 2.01. The third-order valence-corrected chi connectivity index (χ3v) is 3.68. The average Bonchev–Trinajstić information content (AvgIpc) is 2.67. The quantitative estimate of drug-likeness (QED) is 0.666. The molecule has 72 valence electrons. The molecule has 2 aliphatic rings. The molecule has 0 radical (unpaired) electrons. The summed E-state index contributed by atoms with van der Waals surface area (Å²) in [4.78, 5) is 0. The van der Waals surface area contributed by atoms with Crippen LogP contribution in [0.4, 0.5) is 0 Å². The van der Waals surface area contributed by atoms with Gasteiger partial charge in [0.25, 0.3) is 0 Å². The van der Waals surface area contributed by atoms with E-state index in [0.29, 0.717) is 11.8 Å². The van der Waals surface area contributed by atoms with Crippen molar-refractivity contribution in [3.8, 4) is 6.07 Å². The van der Waals surface area contributed by atoms with Crippen LogP contribution in [0, 0.1) is 29.1 Å². The summed E-state index contributed by atoms with van der Waals surface area (Å²) in [6.07, 6.45) is 6.92. The van der Waals surface area contributed by atoms with Crippen LogP contribution in [0.3, 0.4) is 0 Å². The van der Waals surface area contributed by atoms with Crippen molar-refractivity contribution in [2.75, 3.05) is 13.1 Å². The minimum Gasteiger partial charge on any atom is -0.315 e. The van der Waals surface area contributed by atoms with Crippen LogP contribution in [-0.2, 0) is 0 Å². The molecule has 0 aromatic rings. The Labute approximate surface area is 80.3 Å². The van der Waals surface area contributed by atoms with E-state index in [-0.39, 0.29) is 0 Å². The van der Waals surface area contributed by atoms with Gasteiger partial charge in [0, 0.05) is 6.54 Å². The van der Waals surface area contributed by atoms with Gasteiger partial charge in [-0.3, -0.25) is 0 Å². The predicted molar refractivity (Wildman–Crippen MR) is 52.0 cm³/mol. The molecule has 2 nitrogen and oxygen atoms in total. The van der Waals surface area contributed by atoms with E-state index in [1.165, 1.54) is 32.1 Å². The fourth-order valence-electron chi connectivity index (χ4n) is 2.90. The Morgan fingerprint density at radius 2 is 1.85 bits per heavy atom. The van der Waals surface area contributed by atoms with Gasteiger partial charge in [0.2, 0.25) is 0 Å². The van der Waals surface area contributed by atoms with Crippen LogP contribution in [-0.4, -0.2) is 13.1 Å². The third-order valence-electron chi connectivity index (χ3n) is 3.68. The topological polar surface area (TPSA) is 35.8 Å². The van der Waals surface area contributed by atoms with Crippen LogP contribution in [0.25, 0.3) is 0 Å². The molecular formula is C11H18N2. The Morgan fingerprint density at radius 3 is 2.54 bits per heavy atom. The Hall–Kier alpha value is -0.550. The summed E-state index contributed by atoms with van der Waals surface area (Å²) >= 11 is 0. The second kappa shape index (κ2) is 4.11. The van der Waals surface area contributed by atoms with Crippen molar-refractivity contribution in [2.45, 2.75) is 32.1 Å². The zero-order valence-corrected chi connectivity index (χ0v) is 8.13. The van der Waals surface area contributed by atoms with Crippen LogP contribution in [0.1, 0.15) is 32.1 Å². The highest BCUT2D eigenvalue weighted by Crippen LogP contribution is 2.35. The smallest absolute Gasteiger partial charge is 0.0672 e. The summed E-state index contributed by atoms with van der Waals surface area (Å²) < 4.78 is 0. The molecule has 1 aliphatic carbocycles. The lowest BCUT2D eigenvalue weighted by atomic mass is 9.76. The molecular weight excluding hydrogens is 160 g/mol. The molecule has 1 N–H and O–H groups in total. The largest absolute Gasteiger partial charge is 0.315 e. The summed E-state index contributed by atoms with van der Waals surface area (Å²) in [5.74, 6) is 1.79. The maximum absolute atomic E-state index is 8.98. The van der Waals surface area contributed by atoms with Crippen molar-refractivity contribution in [3.05, 3.63) is 0 Å². The summed E-state index contributed by atoms with van der Waals surface area (Å²) in [7, 11) is 0. The van der Waals surface area contributed by atoms with Gasteiger partial charge >= 0.3 is 0 Å². The Balaban J connectivity index is 1.94. The van der Waals surface area contributed by atoms with Crippen LogP contribution in [0.5, 0.6) is 0 Å². The van der Waals surface area contributed by atoms with Gasteiger partial charge in [-0.2, -0.15) is 5.26 Å². The van der Waals surface area contributed by atoms with E-state index >= 15 is 0 Å². The lowest BCUT2D eigenvalue weighted by Gasteiger charge is -2.28. The molecule has 0 aromatic carbocycles. The first-order valence-electron chi connectivity index (χ1n) is 5.52. The molecule has 2 fully saturated rings. The van der Waals surface area contributed by atoms with E-state index in [2.05, 4.69) is 11.4 Å². The summed E-state index contributed by atoms with van der Waals surface area (Å²) in [5, 5.41) is 12.3. The highest BCUT2D eigenvalue weighted by atomic mass is 14.9. The molecule has 0 amide bonds. The van der Waals surface area contributed by atoms with Crippen LogP contribution >= 0.6 is 0 Å². The molecule has 2 atom stereocenters. The van der Waals surface area contributed by atoms with E-state index in [1.54, 1.807) is 0 Å². The first kappa shape index (κ1) is 9.02.